The summed E-state index contributed by atoms with van der Waals surface area (Å²) in [5, 5.41) is 6.07. The molecule has 1 fully saturated rings. The Bertz CT molecular complexity index is 499. The zero-order chi connectivity index (χ0) is 9.71. The van der Waals surface area contributed by atoms with Crippen LogP contribution in [-0.4, -0.2) is 14.8 Å². The van der Waals surface area contributed by atoms with Crippen LogP contribution >= 0.6 is 11.6 Å². The maximum absolute atomic E-state index is 6.04. The largest absolute Gasteiger partial charge is 0.261 e. The van der Waals surface area contributed by atoms with Crippen molar-refractivity contribution >= 4 is 22.5 Å². The molecule has 14 heavy (non-hydrogen) atoms. The lowest BCUT2D eigenvalue weighted by molar-refractivity contribution is 0.658. The first kappa shape index (κ1) is 8.24. The van der Waals surface area contributed by atoms with Crippen LogP contribution in [0.25, 0.3) is 10.9 Å². The third-order valence-electron chi connectivity index (χ3n) is 2.64. The molecule has 0 spiro atoms. The van der Waals surface area contributed by atoms with Gasteiger partial charge in [0, 0.05) is 6.20 Å². The summed E-state index contributed by atoms with van der Waals surface area (Å²) < 4.78 is 2.08. The quantitative estimate of drug-likeness (QED) is 0.674. The van der Waals surface area contributed by atoms with Crippen molar-refractivity contribution in [2.24, 2.45) is 0 Å². The Labute approximate surface area is 86.7 Å². The monoisotopic (exact) mass is 207 g/mol. The van der Waals surface area contributed by atoms with Gasteiger partial charge in [0.25, 0.3) is 0 Å². The van der Waals surface area contributed by atoms with E-state index in [4.69, 9.17) is 11.6 Å². The third kappa shape index (κ3) is 1.05. The topological polar surface area (TPSA) is 30.7 Å². The third-order valence-corrected chi connectivity index (χ3v) is 2.93. The molecule has 0 saturated heterocycles. The van der Waals surface area contributed by atoms with Crippen LogP contribution in [0, 0.1) is 6.92 Å². The molecule has 4 heteroatoms. The molecule has 0 aromatic carbocycles. The van der Waals surface area contributed by atoms with Crippen molar-refractivity contribution in [2.75, 3.05) is 0 Å². The molecule has 0 aliphatic heterocycles. The van der Waals surface area contributed by atoms with Crippen molar-refractivity contribution in [3.8, 4) is 0 Å². The molecule has 2 aromatic rings. The predicted octanol–water partition coefficient (Wildman–Crippen LogP) is 2.73. The van der Waals surface area contributed by atoms with Gasteiger partial charge in [-0.1, -0.05) is 11.6 Å². The zero-order valence-corrected chi connectivity index (χ0v) is 8.62. The highest BCUT2D eigenvalue weighted by molar-refractivity contribution is 6.34. The van der Waals surface area contributed by atoms with Gasteiger partial charge >= 0.3 is 0 Å². The van der Waals surface area contributed by atoms with Crippen molar-refractivity contribution < 1.29 is 0 Å². The van der Waals surface area contributed by atoms with Crippen LogP contribution in [0.5, 0.6) is 0 Å². The number of nitrogens with zero attached hydrogens (tertiary/aromatic N) is 3. The van der Waals surface area contributed by atoms with Crippen molar-refractivity contribution in [3.05, 3.63) is 23.1 Å². The molecule has 0 unspecified atom stereocenters. The van der Waals surface area contributed by atoms with E-state index in [1.165, 1.54) is 12.8 Å². The smallest absolute Gasteiger partial charge is 0.140 e. The molecule has 1 aliphatic carbocycles. The highest BCUT2D eigenvalue weighted by atomic mass is 35.5. The Kier molecular flexibility index (Phi) is 1.59. The highest BCUT2D eigenvalue weighted by Gasteiger charge is 2.27. The second-order valence-corrected chi connectivity index (χ2v) is 4.12. The number of rotatable bonds is 1. The Morgan fingerprint density at radius 2 is 2.29 bits per heavy atom. The maximum atomic E-state index is 6.04. The van der Waals surface area contributed by atoms with Crippen LogP contribution in [0.15, 0.2) is 12.3 Å². The molecule has 3 nitrogen and oxygen atoms in total. The first-order valence-electron chi connectivity index (χ1n) is 4.76. The van der Waals surface area contributed by atoms with Gasteiger partial charge in [0.15, 0.2) is 0 Å². The molecule has 0 radical (unpaired) electrons. The van der Waals surface area contributed by atoms with Crippen molar-refractivity contribution in [1.82, 2.24) is 14.8 Å². The van der Waals surface area contributed by atoms with Crippen LogP contribution in [0.3, 0.4) is 0 Å². The fourth-order valence-corrected chi connectivity index (χ4v) is 2.11. The van der Waals surface area contributed by atoms with Crippen LogP contribution < -0.4 is 0 Å². The van der Waals surface area contributed by atoms with E-state index < -0.39 is 0 Å². The lowest BCUT2D eigenvalue weighted by atomic mass is 10.3. The molecule has 3 rings (SSSR count). The number of hydrogen-bond acceptors (Lipinski definition) is 2. The van der Waals surface area contributed by atoms with E-state index in [-0.39, 0.29) is 0 Å². The summed E-state index contributed by atoms with van der Waals surface area (Å²) in [5.41, 5.74) is 2.09. The predicted molar refractivity (Wildman–Crippen MR) is 55.5 cm³/mol. The Morgan fingerprint density at radius 1 is 1.50 bits per heavy atom. The molecular weight excluding hydrogens is 198 g/mol. The van der Waals surface area contributed by atoms with Gasteiger partial charge in [0.1, 0.15) is 5.15 Å². The summed E-state index contributed by atoms with van der Waals surface area (Å²) in [5.74, 6) is 0. The van der Waals surface area contributed by atoms with Gasteiger partial charge in [0.05, 0.1) is 22.6 Å². The normalized spacial score (nSPS) is 16.4. The molecule has 0 atom stereocenters. The maximum Gasteiger partial charge on any atom is 0.140 e. The van der Waals surface area contributed by atoms with E-state index in [0.717, 1.165) is 16.6 Å². The Hall–Kier alpha value is -1.09. The van der Waals surface area contributed by atoms with Gasteiger partial charge in [-0.2, -0.15) is 5.10 Å². The van der Waals surface area contributed by atoms with E-state index in [1.54, 1.807) is 6.20 Å². The van der Waals surface area contributed by atoms with Crippen LogP contribution in [-0.2, 0) is 0 Å². The van der Waals surface area contributed by atoms with Gasteiger partial charge in [-0.25, -0.2) is 4.98 Å². The SMILES string of the molecule is Cc1nn(C2CC2)c2ccnc(Cl)c12. The molecule has 1 saturated carbocycles. The van der Waals surface area contributed by atoms with E-state index in [2.05, 4.69) is 14.8 Å². The molecule has 2 aromatic heterocycles. The Morgan fingerprint density at radius 3 is 3.00 bits per heavy atom. The number of fused-ring (bicyclic) bond motifs is 1. The number of halogens is 1. The number of aryl methyl sites for hydroxylation is 1. The molecule has 1 aliphatic rings. The van der Waals surface area contributed by atoms with Crippen molar-refractivity contribution in [1.29, 1.82) is 0 Å². The van der Waals surface area contributed by atoms with E-state index >= 15 is 0 Å². The van der Waals surface area contributed by atoms with E-state index in [9.17, 15) is 0 Å². The minimum atomic E-state index is 0.562. The van der Waals surface area contributed by atoms with Crippen molar-refractivity contribution in [3.63, 3.8) is 0 Å². The van der Waals surface area contributed by atoms with Crippen molar-refractivity contribution in [2.45, 2.75) is 25.8 Å². The fraction of sp³-hybridized carbons (Fsp3) is 0.400. The number of hydrogen-bond donors (Lipinski definition) is 0. The minimum absolute atomic E-state index is 0.562. The lowest BCUT2D eigenvalue weighted by Crippen LogP contribution is -1.95. The number of pyridine rings is 1. The summed E-state index contributed by atoms with van der Waals surface area (Å²) in [6, 6.07) is 2.57. The summed E-state index contributed by atoms with van der Waals surface area (Å²) in [6.07, 6.45) is 4.21. The second kappa shape index (κ2) is 2.70. The lowest BCUT2D eigenvalue weighted by Gasteiger charge is -1.98. The average Bonchev–Trinajstić information content (AvgIpc) is 2.93. The van der Waals surface area contributed by atoms with Gasteiger partial charge in [0.2, 0.25) is 0 Å². The van der Waals surface area contributed by atoms with Gasteiger partial charge < -0.3 is 0 Å². The number of aromatic nitrogens is 3. The summed E-state index contributed by atoms with van der Waals surface area (Å²) in [4.78, 5) is 4.07. The summed E-state index contributed by atoms with van der Waals surface area (Å²) >= 11 is 6.04. The van der Waals surface area contributed by atoms with Crippen LogP contribution in [0.1, 0.15) is 24.6 Å². The average molecular weight is 208 g/mol. The molecular formula is C10H10ClN3. The first-order valence-corrected chi connectivity index (χ1v) is 5.14. The standard InChI is InChI=1S/C10H10ClN3/c1-6-9-8(4-5-12-10(9)11)14(13-6)7-2-3-7/h4-5,7H,2-3H2,1H3. The van der Waals surface area contributed by atoms with E-state index in [0.29, 0.717) is 11.2 Å². The second-order valence-electron chi connectivity index (χ2n) is 3.76. The van der Waals surface area contributed by atoms with Crippen LogP contribution in [0.2, 0.25) is 5.15 Å². The fourth-order valence-electron chi connectivity index (χ4n) is 1.82. The molecule has 0 N–H and O–H groups in total. The zero-order valence-electron chi connectivity index (χ0n) is 7.87. The summed E-state index contributed by atoms with van der Waals surface area (Å²) in [7, 11) is 0. The molecule has 0 bridgehead atoms. The summed E-state index contributed by atoms with van der Waals surface area (Å²) in [6.45, 7) is 1.98. The highest BCUT2D eigenvalue weighted by Crippen LogP contribution is 2.38. The Balaban J connectivity index is 2.37. The van der Waals surface area contributed by atoms with Gasteiger partial charge in [-0.15, -0.1) is 0 Å². The first-order chi connectivity index (χ1) is 6.77. The molecule has 0 amide bonds. The van der Waals surface area contributed by atoms with Crippen LogP contribution in [0.4, 0.5) is 0 Å². The van der Waals surface area contributed by atoms with E-state index in [1.807, 2.05) is 13.0 Å². The minimum Gasteiger partial charge on any atom is -0.261 e. The molecule has 72 valence electrons. The van der Waals surface area contributed by atoms with Gasteiger partial charge in [-0.05, 0) is 25.8 Å². The van der Waals surface area contributed by atoms with Gasteiger partial charge in [-0.3, -0.25) is 4.68 Å². The molecule has 2 heterocycles.